The topological polar surface area (TPSA) is 127 Å². The number of pyridine rings is 2. The molecule has 8 heteroatoms. The maximum absolute atomic E-state index is 12.0. The molecule has 0 fully saturated rings. The van der Waals surface area contributed by atoms with Crippen molar-refractivity contribution in [3.8, 4) is 5.75 Å². The van der Waals surface area contributed by atoms with Crippen LogP contribution < -0.4 is 15.8 Å². The Labute approximate surface area is 204 Å². The summed E-state index contributed by atoms with van der Waals surface area (Å²) in [4.78, 5) is 31.1. The summed E-state index contributed by atoms with van der Waals surface area (Å²) < 4.78 is 5.89. The van der Waals surface area contributed by atoms with Crippen LogP contribution in [0.15, 0.2) is 60.8 Å². The Morgan fingerprint density at radius 3 is 2.51 bits per heavy atom. The third-order valence-electron chi connectivity index (χ3n) is 5.33. The monoisotopic (exact) mass is 474 g/mol. The zero-order valence-electron chi connectivity index (χ0n) is 20.3. The van der Waals surface area contributed by atoms with Crippen molar-refractivity contribution in [3.63, 3.8) is 0 Å². The highest BCUT2D eigenvalue weighted by molar-refractivity contribution is 5.95. The molecule has 4 aromatic rings. The van der Waals surface area contributed by atoms with Crippen molar-refractivity contribution in [2.24, 2.45) is 5.41 Å². The lowest BCUT2D eigenvalue weighted by atomic mass is 9.93. The molecule has 0 aliphatic heterocycles. The molecule has 8 nitrogen and oxygen atoms in total. The van der Waals surface area contributed by atoms with Crippen molar-refractivity contribution in [2.45, 2.75) is 27.7 Å². The van der Waals surface area contributed by atoms with Crippen LogP contribution in [0.4, 0.5) is 5.69 Å². The summed E-state index contributed by atoms with van der Waals surface area (Å²) >= 11 is 0. The van der Waals surface area contributed by atoms with Gasteiger partial charge < -0.3 is 20.9 Å². The number of aryl methyl sites for hydroxylation is 1. The van der Waals surface area contributed by atoms with Crippen LogP contribution in [0.25, 0.3) is 21.8 Å². The number of nitrogens with one attached hydrogen (secondary N) is 1. The van der Waals surface area contributed by atoms with Crippen molar-refractivity contribution in [3.05, 3.63) is 72.1 Å². The number of fused-ring (bicyclic) bond motifs is 2. The van der Waals surface area contributed by atoms with Crippen molar-refractivity contribution < 1.29 is 19.4 Å². The predicted octanol–water partition coefficient (Wildman–Crippen LogP) is 4.60. The third kappa shape index (κ3) is 6.23. The van der Waals surface area contributed by atoms with Crippen molar-refractivity contribution in [2.75, 3.05) is 18.9 Å². The van der Waals surface area contributed by atoms with Gasteiger partial charge in [0.25, 0.3) is 0 Å². The number of hydrogen-bond donors (Lipinski definition) is 3. The van der Waals surface area contributed by atoms with Gasteiger partial charge in [0, 0.05) is 29.5 Å². The van der Waals surface area contributed by atoms with Crippen LogP contribution in [0, 0.1) is 12.3 Å². The van der Waals surface area contributed by atoms with E-state index in [1.165, 1.54) is 6.20 Å². The van der Waals surface area contributed by atoms with Crippen molar-refractivity contribution >= 4 is 39.4 Å². The molecule has 0 aliphatic carbocycles. The van der Waals surface area contributed by atoms with E-state index >= 15 is 0 Å². The highest BCUT2D eigenvalue weighted by atomic mass is 16.5. The van der Waals surface area contributed by atoms with E-state index in [4.69, 9.17) is 15.6 Å². The van der Waals surface area contributed by atoms with Gasteiger partial charge in [-0.2, -0.15) is 0 Å². The fourth-order valence-electron chi connectivity index (χ4n) is 3.45. The highest BCUT2D eigenvalue weighted by Crippen LogP contribution is 2.31. The number of amides is 1. The van der Waals surface area contributed by atoms with Crippen molar-refractivity contribution in [1.29, 1.82) is 0 Å². The highest BCUT2D eigenvalue weighted by Gasteiger charge is 2.28. The molecule has 0 saturated heterocycles. The largest absolute Gasteiger partial charge is 0.492 e. The van der Waals surface area contributed by atoms with Gasteiger partial charge in [0.1, 0.15) is 12.4 Å². The average molecular weight is 475 g/mol. The number of carbonyl (C=O) groups excluding carboxylic acids is 1. The van der Waals surface area contributed by atoms with E-state index in [0.717, 1.165) is 27.5 Å². The van der Waals surface area contributed by atoms with Crippen LogP contribution in [-0.4, -0.2) is 40.1 Å². The number of aromatic nitrogens is 2. The second-order valence-electron chi connectivity index (χ2n) is 8.76. The number of rotatable bonds is 6. The quantitative estimate of drug-likeness (QED) is 0.373. The Morgan fingerprint density at radius 2 is 1.80 bits per heavy atom. The smallest absolute Gasteiger partial charge is 0.337 e. The maximum atomic E-state index is 12.0. The molecule has 2 aromatic carbocycles. The van der Waals surface area contributed by atoms with Gasteiger partial charge in [0.15, 0.2) is 0 Å². The molecule has 0 unspecified atom stereocenters. The van der Waals surface area contributed by atoms with Crippen LogP contribution in [-0.2, 0) is 4.79 Å². The molecular formula is C27H30N4O4. The van der Waals surface area contributed by atoms with Crippen LogP contribution in [0.1, 0.15) is 36.8 Å². The molecule has 2 aromatic heterocycles. The van der Waals surface area contributed by atoms with Gasteiger partial charge in [-0.05, 0) is 58.0 Å². The van der Waals surface area contributed by atoms with E-state index in [1.54, 1.807) is 6.07 Å². The Hall–Kier alpha value is -4.20. The second kappa shape index (κ2) is 10.8. The van der Waals surface area contributed by atoms with Gasteiger partial charge in [-0.3, -0.25) is 14.8 Å². The minimum Gasteiger partial charge on any atom is -0.492 e. The third-order valence-corrected chi connectivity index (χ3v) is 5.33. The lowest BCUT2D eigenvalue weighted by molar-refractivity contribution is -0.130. The number of carbonyl (C=O) groups is 2. The summed E-state index contributed by atoms with van der Waals surface area (Å²) in [7, 11) is 0. The second-order valence-corrected chi connectivity index (χ2v) is 8.76. The van der Waals surface area contributed by atoms with E-state index < -0.39 is 11.4 Å². The number of hydrogen-bond acceptors (Lipinski definition) is 6. The lowest BCUT2D eigenvalue weighted by Crippen LogP contribution is -2.40. The minimum absolute atomic E-state index is 0.0304. The molecule has 35 heavy (non-hydrogen) atoms. The molecule has 0 atom stereocenters. The summed E-state index contributed by atoms with van der Waals surface area (Å²) in [6.45, 7) is 8.39. The summed E-state index contributed by atoms with van der Waals surface area (Å²) in [5, 5.41) is 13.2. The van der Waals surface area contributed by atoms with E-state index in [-0.39, 0.29) is 18.1 Å². The van der Waals surface area contributed by atoms with Gasteiger partial charge >= 0.3 is 5.97 Å². The molecule has 2 heterocycles. The number of nitrogen functional groups attached to an aromatic ring is 1. The minimum atomic E-state index is -0.946. The zero-order chi connectivity index (χ0) is 25.6. The molecule has 0 spiro atoms. The molecule has 0 aliphatic rings. The number of aromatic carboxylic acids is 1. The van der Waals surface area contributed by atoms with Gasteiger partial charge in [-0.25, -0.2) is 4.79 Å². The van der Waals surface area contributed by atoms with Crippen molar-refractivity contribution in [1.82, 2.24) is 15.3 Å². The Kier molecular flexibility index (Phi) is 7.86. The number of para-hydroxylation sites is 1. The summed E-state index contributed by atoms with van der Waals surface area (Å²) in [5.41, 5.74) is 8.81. The fraction of sp³-hybridized carbons (Fsp3) is 0.259. The molecule has 0 bridgehead atoms. The number of benzene rings is 2. The van der Waals surface area contributed by atoms with Crippen LogP contribution >= 0.6 is 0 Å². The normalized spacial score (nSPS) is 11.0. The molecule has 4 N–H and O–H groups in total. The summed E-state index contributed by atoms with van der Waals surface area (Å²) in [6, 6.07) is 16.5. The number of carboxylic acids is 1. The molecule has 1 amide bonds. The van der Waals surface area contributed by atoms with E-state index in [0.29, 0.717) is 18.0 Å². The first kappa shape index (κ1) is 25.4. The molecular weight excluding hydrogens is 444 g/mol. The predicted molar refractivity (Wildman–Crippen MR) is 138 cm³/mol. The average Bonchev–Trinajstić information content (AvgIpc) is 2.82. The Bertz CT molecular complexity index is 1370. The van der Waals surface area contributed by atoms with Crippen LogP contribution in [0.5, 0.6) is 5.75 Å². The van der Waals surface area contributed by atoms with Gasteiger partial charge in [0.05, 0.1) is 27.4 Å². The first-order valence-electron chi connectivity index (χ1n) is 11.3. The van der Waals surface area contributed by atoms with Gasteiger partial charge in [-0.15, -0.1) is 0 Å². The van der Waals surface area contributed by atoms with Gasteiger partial charge in [-0.1, -0.05) is 24.3 Å². The zero-order valence-corrected chi connectivity index (χ0v) is 20.3. The maximum Gasteiger partial charge on any atom is 0.337 e. The Morgan fingerprint density at radius 1 is 1.09 bits per heavy atom. The van der Waals surface area contributed by atoms with E-state index in [9.17, 15) is 9.59 Å². The number of carboxylic acid groups (broad SMARTS) is 1. The van der Waals surface area contributed by atoms with E-state index in [1.807, 2.05) is 76.2 Å². The standard InChI is InChI=1S/C17H23N3O2.C10H7NO2/c1-5-19-16(21)17(3,4)10-22-14-8-6-7-13-15(14)12(18)9-11(2)20-13;12-10(13)8-5-7-3-1-2-4-9(7)11-6-8/h6-9H,5,10H2,1-4H3,(H2,18,20)(H,19,21);1-6H,(H,12,13). The van der Waals surface area contributed by atoms with Crippen LogP contribution in [0.2, 0.25) is 0 Å². The first-order valence-corrected chi connectivity index (χ1v) is 11.3. The van der Waals surface area contributed by atoms with Crippen LogP contribution in [0.3, 0.4) is 0 Å². The molecule has 182 valence electrons. The number of anilines is 1. The number of nitrogens with two attached hydrogens (primary N) is 1. The molecule has 0 radical (unpaired) electrons. The summed E-state index contributed by atoms with van der Waals surface area (Å²) in [6.07, 6.45) is 1.37. The first-order chi connectivity index (χ1) is 16.6. The SMILES string of the molecule is CCNC(=O)C(C)(C)COc1cccc2nc(C)cc(N)c12.O=C(O)c1cnc2ccccc2c1. The molecule has 0 saturated carbocycles. The number of ether oxygens (including phenoxy) is 1. The lowest BCUT2D eigenvalue weighted by Gasteiger charge is -2.24. The fourth-order valence-corrected chi connectivity index (χ4v) is 3.45. The van der Waals surface area contributed by atoms with Gasteiger partial charge in [0.2, 0.25) is 5.91 Å². The van der Waals surface area contributed by atoms with E-state index in [2.05, 4.69) is 15.3 Å². The number of nitrogens with zero attached hydrogens (tertiary/aromatic N) is 2. The molecule has 4 rings (SSSR count). The Balaban J connectivity index is 0.000000223. The summed E-state index contributed by atoms with van der Waals surface area (Å²) in [5.74, 6) is -0.324.